The Morgan fingerprint density at radius 1 is 0.432 bits per heavy atom. The van der Waals surface area contributed by atoms with E-state index in [2.05, 4.69) is 10.6 Å². The molecule has 0 aromatic rings. The van der Waals surface area contributed by atoms with Gasteiger partial charge in [-0.3, -0.25) is 9.69 Å². The van der Waals surface area contributed by atoms with Gasteiger partial charge in [0.25, 0.3) is 0 Å². The summed E-state index contributed by atoms with van der Waals surface area (Å²) in [6.07, 6.45) is -12.7. The first-order chi connectivity index (χ1) is 38.8. The van der Waals surface area contributed by atoms with Crippen molar-refractivity contribution in [3.8, 4) is 0 Å². The normalized spacial score (nSPS) is 15.4. The zero-order valence-electron chi connectivity index (χ0n) is 47.8. The molecule has 30 heteroatoms. The maximum atomic E-state index is 12.0. The lowest BCUT2D eigenvalue weighted by molar-refractivity contribution is -0.139. The van der Waals surface area contributed by atoms with Gasteiger partial charge in [-0.15, -0.1) is 0 Å². The summed E-state index contributed by atoms with van der Waals surface area (Å²) in [5.41, 5.74) is -0.724. The van der Waals surface area contributed by atoms with Gasteiger partial charge in [0, 0.05) is 32.6 Å². The highest BCUT2D eigenvalue weighted by molar-refractivity contribution is 5.80. The number of ether oxygens (including phenoxy) is 13. The van der Waals surface area contributed by atoms with Crippen molar-refractivity contribution in [3.63, 3.8) is 0 Å². The van der Waals surface area contributed by atoms with Crippen molar-refractivity contribution in [1.82, 2.24) is 15.5 Å². The molecule has 0 saturated heterocycles. The largest absolute Gasteiger partial charge is 0.480 e. The molecule has 0 saturated carbocycles. The van der Waals surface area contributed by atoms with E-state index >= 15 is 0 Å². The Labute approximate surface area is 476 Å². The fourth-order valence-corrected chi connectivity index (χ4v) is 6.68. The van der Waals surface area contributed by atoms with E-state index in [1.807, 2.05) is 0 Å². The molecule has 9 atom stereocenters. The molecule has 0 bridgehead atoms. The summed E-state index contributed by atoms with van der Waals surface area (Å²) in [4.78, 5) is 36.7. The topological polar surface area (TPSA) is 421 Å². The second-order valence-corrected chi connectivity index (χ2v) is 19.2. The number of carbonyl (C=O) groups excluding carboxylic acids is 2. The molecule has 0 aliphatic carbocycles. The fraction of sp³-hybridized carbons (Fsp3) is 0.941. The highest BCUT2D eigenvalue weighted by Crippen LogP contribution is 2.12. The molecule has 0 spiro atoms. The highest BCUT2D eigenvalue weighted by atomic mass is 16.6. The van der Waals surface area contributed by atoms with Crippen LogP contribution < -0.4 is 10.6 Å². The Bertz CT molecular complexity index is 1430. The minimum absolute atomic E-state index is 0.0194. The van der Waals surface area contributed by atoms with Gasteiger partial charge >= 0.3 is 12.1 Å². The summed E-state index contributed by atoms with van der Waals surface area (Å²) in [5.74, 6) is -1.26. The Kier molecular flexibility index (Phi) is 51.0. The zero-order chi connectivity index (χ0) is 60.4. The number of nitrogens with one attached hydrogen (secondary N) is 2. The standard InChI is InChI=1S/C51H101N3O27/c1-51(2,3)81-50(68)53-39(49(66)67)7-5-4-6-9-52-44(61)8-11-69-13-15-71-17-19-73-21-23-75-25-27-77-29-31-79-33-34-80-32-30-78-28-26-76-24-22-74-20-18-72-16-14-70-12-10-54(35-40(57)45(62)47(64)42(59)37-55)36-41(58)46(63)48(65)43(60)38-56/h39-43,45-48,55-60,62-65H,4-38H2,1-3H3,(H,52,61)(H,53,68)(H,66,67)/t39-,40+,41+,42+,43+,45-,46-,47-,48-/m1/s1. The molecule has 0 aromatic heterocycles. The van der Waals surface area contributed by atoms with Crippen LogP contribution in [0.5, 0.6) is 0 Å². The molecule has 13 N–H and O–H groups in total. The Morgan fingerprint density at radius 3 is 1.05 bits per heavy atom. The van der Waals surface area contributed by atoms with E-state index in [0.29, 0.717) is 151 Å². The number of aliphatic hydroxyl groups excluding tert-OH is 10. The molecule has 0 aliphatic rings. The number of amides is 2. The number of nitrogens with zero attached hydrogens (tertiary/aromatic N) is 1. The molecule has 30 nitrogen and oxygen atoms in total. The van der Waals surface area contributed by atoms with Crippen LogP contribution in [0.15, 0.2) is 0 Å². The van der Waals surface area contributed by atoms with E-state index in [9.17, 15) is 60.3 Å². The summed E-state index contributed by atoms with van der Waals surface area (Å²) < 4.78 is 70.9. The van der Waals surface area contributed by atoms with E-state index < -0.39 is 98.8 Å². The Morgan fingerprint density at radius 2 is 0.741 bits per heavy atom. The van der Waals surface area contributed by atoms with Gasteiger partial charge in [0.05, 0.1) is 184 Å². The monoisotopic (exact) mass is 1190 g/mol. The van der Waals surface area contributed by atoms with Crippen LogP contribution in [0.2, 0.25) is 0 Å². The van der Waals surface area contributed by atoms with Crippen LogP contribution in [0.3, 0.4) is 0 Å². The predicted molar refractivity (Wildman–Crippen MR) is 285 cm³/mol. The van der Waals surface area contributed by atoms with Gasteiger partial charge < -0.3 is 128 Å². The van der Waals surface area contributed by atoms with Crippen molar-refractivity contribution in [2.75, 3.05) is 198 Å². The third kappa shape index (κ3) is 47.3. The number of aliphatic carboxylic acids is 1. The molecule has 81 heavy (non-hydrogen) atoms. The molecule has 0 unspecified atom stereocenters. The van der Waals surface area contributed by atoms with Crippen LogP contribution in [0, 0.1) is 0 Å². The zero-order valence-corrected chi connectivity index (χ0v) is 47.8. The van der Waals surface area contributed by atoms with E-state index in [0.717, 1.165) is 0 Å². The Balaban J connectivity index is 3.59. The van der Waals surface area contributed by atoms with Crippen LogP contribution in [0.4, 0.5) is 4.79 Å². The van der Waals surface area contributed by atoms with Gasteiger partial charge in [-0.1, -0.05) is 12.8 Å². The Hall–Kier alpha value is -2.71. The van der Waals surface area contributed by atoms with Crippen molar-refractivity contribution < 1.29 is 132 Å². The van der Waals surface area contributed by atoms with Crippen molar-refractivity contribution in [1.29, 1.82) is 0 Å². The van der Waals surface area contributed by atoms with Crippen LogP contribution in [0.1, 0.15) is 52.9 Å². The van der Waals surface area contributed by atoms with Gasteiger partial charge in [-0.25, -0.2) is 9.59 Å². The van der Waals surface area contributed by atoms with Crippen LogP contribution in [-0.2, 0) is 71.2 Å². The van der Waals surface area contributed by atoms with Crippen LogP contribution >= 0.6 is 0 Å². The SMILES string of the molecule is CC(C)(C)OC(=O)N[C@H](CCCCCNC(=O)CCOCCOCCOCCOCCOCCOCCOCCOCCOCCOCCOCCOCCN(C[C@H](O)[C@@H](O)[C@H](O)[C@@H](O)CO)C[C@H](O)[C@@H](O)[C@H](O)[C@@H](O)CO)C(=O)O. The third-order valence-corrected chi connectivity index (χ3v) is 11.1. The van der Waals surface area contributed by atoms with Gasteiger partial charge in [0.15, 0.2) is 0 Å². The number of rotatable bonds is 59. The number of alkyl carbamates (subject to hydrolysis) is 1. The first kappa shape index (κ1) is 78.3. The van der Waals surface area contributed by atoms with Gasteiger partial charge in [0.1, 0.15) is 48.3 Å². The smallest absolute Gasteiger partial charge is 0.408 e. The number of hydrogen-bond acceptors (Lipinski definition) is 27. The van der Waals surface area contributed by atoms with Gasteiger partial charge in [-0.2, -0.15) is 0 Å². The first-order valence-electron chi connectivity index (χ1n) is 27.6. The lowest BCUT2D eigenvalue weighted by Crippen LogP contribution is -2.53. The molecule has 0 fully saturated rings. The average molecular weight is 1190 g/mol. The number of carboxylic acids is 1. The van der Waals surface area contributed by atoms with Gasteiger partial charge in [0.2, 0.25) is 5.91 Å². The van der Waals surface area contributed by atoms with Crippen molar-refractivity contribution in [2.45, 2.75) is 113 Å². The minimum atomic E-state index is -1.89. The average Bonchev–Trinajstić information content (AvgIpc) is 3.44. The van der Waals surface area contributed by atoms with E-state index in [1.54, 1.807) is 20.8 Å². The number of hydrogen-bond donors (Lipinski definition) is 13. The van der Waals surface area contributed by atoms with Crippen molar-refractivity contribution in [2.24, 2.45) is 0 Å². The summed E-state index contributed by atoms with van der Waals surface area (Å²) in [6, 6.07) is -1.04. The molecule has 482 valence electrons. The molecule has 0 aliphatic heterocycles. The second kappa shape index (κ2) is 52.8. The first-order valence-corrected chi connectivity index (χ1v) is 27.6. The molecular formula is C51H101N3O27. The van der Waals surface area contributed by atoms with Crippen LogP contribution in [-0.4, -0.2) is 337 Å². The minimum Gasteiger partial charge on any atom is -0.480 e. The summed E-state index contributed by atoms with van der Waals surface area (Å²) in [5, 5.41) is 113. The van der Waals surface area contributed by atoms with Crippen LogP contribution in [0.25, 0.3) is 0 Å². The van der Waals surface area contributed by atoms with E-state index in [1.165, 1.54) is 4.90 Å². The molecular weight excluding hydrogens is 1090 g/mol. The van der Waals surface area contributed by atoms with Crippen molar-refractivity contribution in [3.05, 3.63) is 0 Å². The summed E-state index contributed by atoms with van der Waals surface area (Å²) in [6.45, 7) is 11.5. The molecule has 0 rings (SSSR count). The quantitative estimate of drug-likeness (QED) is 0.0255. The second-order valence-electron chi connectivity index (χ2n) is 19.2. The molecule has 0 aromatic carbocycles. The summed E-state index contributed by atoms with van der Waals surface area (Å²) >= 11 is 0. The lowest BCUT2D eigenvalue weighted by atomic mass is 10.0. The lowest BCUT2D eigenvalue weighted by Gasteiger charge is -2.33. The predicted octanol–water partition coefficient (Wildman–Crippen LogP) is -4.60. The maximum absolute atomic E-state index is 12.0. The molecule has 0 heterocycles. The summed E-state index contributed by atoms with van der Waals surface area (Å²) in [7, 11) is 0. The van der Waals surface area contributed by atoms with Gasteiger partial charge in [-0.05, 0) is 33.6 Å². The number of carboxylic acid groups (broad SMARTS) is 1. The number of carbonyl (C=O) groups is 3. The maximum Gasteiger partial charge on any atom is 0.408 e. The molecule has 2 amide bonds. The highest BCUT2D eigenvalue weighted by Gasteiger charge is 2.34. The van der Waals surface area contributed by atoms with Crippen molar-refractivity contribution >= 4 is 18.0 Å². The fourth-order valence-electron chi connectivity index (χ4n) is 6.68. The number of unbranched alkanes of at least 4 members (excludes halogenated alkanes) is 2. The third-order valence-electron chi connectivity index (χ3n) is 11.1. The van der Waals surface area contributed by atoms with E-state index in [4.69, 9.17) is 71.8 Å². The number of aliphatic hydroxyl groups is 10. The molecule has 0 radical (unpaired) electrons. The van der Waals surface area contributed by atoms with E-state index in [-0.39, 0.29) is 58.3 Å².